The molecule has 2 aliphatic heterocycles. The number of benzene rings is 1. The average Bonchev–Trinajstić information content (AvgIpc) is 3.04. The molecule has 3 rings (SSSR count). The molecule has 0 bridgehead atoms. The Labute approximate surface area is 142 Å². The Balaban J connectivity index is 1.97. The molecule has 3 atom stereocenters. The lowest BCUT2D eigenvalue weighted by Crippen LogP contribution is -2.53. The number of nitrogens with zero attached hydrogens (tertiary/aromatic N) is 2. The summed E-state index contributed by atoms with van der Waals surface area (Å²) in [5.74, 6) is -0.266. The molecule has 2 heterocycles. The Bertz CT molecular complexity index is 754. The Morgan fingerprint density at radius 1 is 1.42 bits per heavy atom. The van der Waals surface area contributed by atoms with Crippen molar-refractivity contribution in [3.8, 4) is 6.07 Å². The van der Waals surface area contributed by atoms with Gasteiger partial charge in [-0.05, 0) is 38.3 Å². The van der Waals surface area contributed by atoms with Crippen molar-refractivity contribution in [3.05, 3.63) is 29.8 Å². The van der Waals surface area contributed by atoms with E-state index >= 15 is 0 Å². The highest BCUT2D eigenvalue weighted by Gasteiger charge is 2.47. The first kappa shape index (κ1) is 17.4. The Morgan fingerprint density at radius 3 is 2.88 bits per heavy atom. The summed E-state index contributed by atoms with van der Waals surface area (Å²) in [5.41, 5.74) is -0.801. The zero-order valence-electron chi connectivity index (χ0n) is 13.7. The molecule has 0 unspecified atom stereocenters. The van der Waals surface area contributed by atoms with Crippen LogP contribution < -0.4 is 0 Å². The first-order chi connectivity index (χ1) is 11.4. The van der Waals surface area contributed by atoms with Gasteiger partial charge in [0, 0.05) is 25.1 Å². The summed E-state index contributed by atoms with van der Waals surface area (Å²) in [6.45, 7) is 3.00. The van der Waals surface area contributed by atoms with Crippen molar-refractivity contribution in [1.29, 1.82) is 5.26 Å². The van der Waals surface area contributed by atoms with Crippen LogP contribution in [0.3, 0.4) is 0 Å². The van der Waals surface area contributed by atoms with Crippen LogP contribution in [0.15, 0.2) is 29.2 Å². The first-order valence-electron chi connectivity index (χ1n) is 8.19. The van der Waals surface area contributed by atoms with Crippen LogP contribution in [0, 0.1) is 17.2 Å². The summed E-state index contributed by atoms with van der Waals surface area (Å²) in [5, 5.41) is 19.9. The molecule has 0 spiro atoms. The lowest BCUT2D eigenvalue weighted by molar-refractivity contribution is -0.116. The van der Waals surface area contributed by atoms with E-state index in [4.69, 9.17) is 4.74 Å². The van der Waals surface area contributed by atoms with Crippen molar-refractivity contribution in [2.24, 2.45) is 5.92 Å². The molecule has 24 heavy (non-hydrogen) atoms. The number of nitriles is 1. The number of hydrogen-bond donors (Lipinski definition) is 1. The van der Waals surface area contributed by atoms with Crippen molar-refractivity contribution in [1.82, 2.24) is 4.31 Å². The maximum absolute atomic E-state index is 13.1. The van der Waals surface area contributed by atoms with Gasteiger partial charge >= 0.3 is 0 Å². The number of aliphatic hydroxyl groups is 1. The molecule has 2 fully saturated rings. The zero-order chi connectivity index (χ0) is 17.4. The Kier molecular flexibility index (Phi) is 4.67. The maximum atomic E-state index is 13.1. The molecule has 130 valence electrons. The summed E-state index contributed by atoms with van der Waals surface area (Å²) in [4.78, 5) is 0.0378. The summed E-state index contributed by atoms with van der Waals surface area (Å²) in [6.07, 6.45) is 1.93. The Morgan fingerprint density at radius 2 is 2.17 bits per heavy atom. The lowest BCUT2D eigenvalue weighted by atomic mass is 9.80. The van der Waals surface area contributed by atoms with Crippen molar-refractivity contribution >= 4 is 10.0 Å². The highest BCUT2D eigenvalue weighted by atomic mass is 32.2. The van der Waals surface area contributed by atoms with Gasteiger partial charge in [0.2, 0.25) is 10.0 Å². The predicted molar refractivity (Wildman–Crippen MR) is 87.6 cm³/mol. The van der Waals surface area contributed by atoms with Crippen LogP contribution in [0.2, 0.25) is 0 Å². The van der Waals surface area contributed by atoms with Gasteiger partial charge in [0.25, 0.3) is 0 Å². The molecule has 0 aliphatic carbocycles. The number of sulfonamides is 1. The predicted octanol–water partition coefficient (Wildman–Crippen LogP) is 1.50. The van der Waals surface area contributed by atoms with E-state index in [9.17, 15) is 18.8 Å². The van der Waals surface area contributed by atoms with Crippen molar-refractivity contribution in [3.63, 3.8) is 0 Å². The monoisotopic (exact) mass is 350 g/mol. The molecule has 2 aliphatic rings. The smallest absolute Gasteiger partial charge is 0.244 e. The largest absolute Gasteiger partial charge is 0.390 e. The van der Waals surface area contributed by atoms with Gasteiger partial charge < -0.3 is 9.84 Å². The fourth-order valence-electron chi connectivity index (χ4n) is 3.76. The van der Waals surface area contributed by atoms with Crippen LogP contribution in [0.4, 0.5) is 0 Å². The molecule has 6 nitrogen and oxygen atoms in total. The highest BCUT2D eigenvalue weighted by molar-refractivity contribution is 7.89. The maximum Gasteiger partial charge on any atom is 0.244 e. The molecule has 0 radical (unpaired) electrons. The molecule has 0 amide bonds. The number of hydrogen-bond acceptors (Lipinski definition) is 5. The average molecular weight is 350 g/mol. The van der Waals surface area contributed by atoms with Crippen LogP contribution in [-0.4, -0.2) is 49.2 Å². The summed E-state index contributed by atoms with van der Waals surface area (Å²) >= 11 is 0. The van der Waals surface area contributed by atoms with E-state index in [1.165, 1.54) is 16.4 Å². The summed E-state index contributed by atoms with van der Waals surface area (Å²) in [6, 6.07) is 7.91. The minimum atomic E-state index is -3.79. The third kappa shape index (κ3) is 2.95. The van der Waals surface area contributed by atoms with Gasteiger partial charge in [-0.1, -0.05) is 12.1 Å². The second-order valence-corrected chi connectivity index (χ2v) is 8.58. The fourth-order valence-corrected chi connectivity index (χ4v) is 5.63. The van der Waals surface area contributed by atoms with Crippen LogP contribution >= 0.6 is 0 Å². The van der Waals surface area contributed by atoms with Gasteiger partial charge in [0.1, 0.15) is 6.07 Å². The van der Waals surface area contributed by atoms with E-state index in [0.29, 0.717) is 32.6 Å². The van der Waals surface area contributed by atoms with Crippen LogP contribution in [0.1, 0.15) is 31.7 Å². The minimum absolute atomic E-state index is 0.0378. The van der Waals surface area contributed by atoms with E-state index in [1.807, 2.05) is 6.07 Å². The van der Waals surface area contributed by atoms with Gasteiger partial charge in [0.05, 0.1) is 22.7 Å². The highest BCUT2D eigenvalue weighted by Crippen LogP contribution is 2.38. The minimum Gasteiger partial charge on any atom is -0.390 e. The van der Waals surface area contributed by atoms with E-state index in [1.54, 1.807) is 19.1 Å². The van der Waals surface area contributed by atoms with Crippen molar-refractivity contribution in [2.75, 3.05) is 19.8 Å². The molecular weight excluding hydrogens is 328 g/mol. The van der Waals surface area contributed by atoms with Crippen LogP contribution in [-0.2, 0) is 14.8 Å². The molecule has 0 aromatic heterocycles. The molecule has 1 aromatic rings. The summed E-state index contributed by atoms with van der Waals surface area (Å²) < 4.78 is 33.2. The van der Waals surface area contributed by atoms with E-state index in [-0.39, 0.29) is 22.4 Å². The molecule has 2 saturated heterocycles. The molecule has 0 saturated carbocycles. The van der Waals surface area contributed by atoms with Gasteiger partial charge in [-0.2, -0.15) is 9.57 Å². The SMILES string of the molecule is C[C@]1(O)CCOC[C@@H]1[C@@H]1CCCN1S(=O)(=O)c1ccccc1C#N. The quantitative estimate of drug-likeness (QED) is 0.892. The molecule has 1 aromatic carbocycles. The van der Waals surface area contributed by atoms with E-state index < -0.39 is 15.6 Å². The van der Waals surface area contributed by atoms with E-state index in [0.717, 1.165) is 6.42 Å². The standard InChI is InChI=1S/C17H22N2O4S/c1-17(20)8-10-23-12-14(17)15-6-4-9-19(15)24(21,22)16-7-3-2-5-13(16)11-18/h2-3,5,7,14-15,20H,4,6,8-10,12H2,1H3/t14-,15+,17+/m1/s1. The Hall–Kier alpha value is -1.46. The second-order valence-electron chi connectivity index (χ2n) is 6.72. The molecule has 7 heteroatoms. The van der Waals surface area contributed by atoms with Gasteiger partial charge in [-0.25, -0.2) is 8.42 Å². The lowest BCUT2D eigenvalue weighted by Gasteiger charge is -2.42. The van der Waals surface area contributed by atoms with Crippen LogP contribution in [0.5, 0.6) is 0 Å². The molecular formula is C17H22N2O4S. The topological polar surface area (TPSA) is 90.6 Å². The third-order valence-corrected chi connectivity index (χ3v) is 7.14. The third-order valence-electron chi connectivity index (χ3n) is 5.16. The van der Waals surface area contributed by atoms with Crippen LogP contribution in [0.25, 0.3) is 0 Å². The van der Waals surface area contributed by atoms with Crippen molar-refractivity contribution in [2.45, 2.75) is 42.7 Å². The zero-order valence-corrected chi connectivity index (χ0v) is 14.5. The van der Waals surface area contributed by atoms with Gasteiger partial charge in [-0.15, -0.1) is 0 Å². The van der Waals surface area contributed by atoms with Crippen molar-refractivity contribution < 1.29 is 18.3 Å². The summed E-state index contributed by atoms with van der Waals surface area (Å²) in [7, 11) is -3.79. The van der Waals surface area contributed by atoms with Gasteiger partial charge in [-0.3, -0.25) is 0 Å². The second kappa shape index (κ2) is 6.45. The first-order valence-corrected chi connectivity index (χ1v) is 9.63. The molecule has 1 N–H and O–H groups in total. The number of rotatable bonds is 3. The normalized spacial score (nSPS) is 31.7. The van der Waals surface area contributed by atoms with Gasteiger partial charge in [0.15, 0.2) is 0 Å². The van der Waals surface area contributed by atoms with E-state index in [2.05, 4.69) is 0 Å². The number of ether oxygens (including phenoxy) is 1. The fraction of sp³-hybridized carbons (Fsp3) is 0.588.